The summed E-state index contributed by atoms with van der Waals surface area (Å²) in [5.74, 6) is 1.04. The number of hydrogen-bond donors (Lipinski definition) is 1. The Hall–Kier alpha value is -1.13. The van der Waals surface area contributed by atoms with Gasteiger partial charge in [0, 0.05) is 30.8 Å². The second-order valence-electron chi connectivity index (χ2n) is 3.87. The fourth-order valence-electron chi connectivity index (χ4n) is 1.61. The average molecular weight is 236 g/mol. The summed E-state index contributed by atoms with van der Waals surface area (Å²) >= 11 is 1.65. The number of hydrogen-bond acceptors (Lipinski definition) is 4. The van der Waals surface area contributed by atoms with E-state index >= 15 is 0 Å². The highest BCUT2D eigenvalue weighted by molar-refractivity contribution is 7.07. The van der Waals surface area contributed by atoms with Gasteiger partial charge in [-0.1, -0.05) is 0 Å². The highest BCUT2D eigenvalue weighted by Gasteiger charge is 2.04. The van der Waals surface area contributed by atoms with Gasteiger partial charge in [-0.05, 0) is 19.1 Å². The summed E-state index contributed by atoms with van der Waals surface area (Å²) in [6.07, 6.45) is 3.65. The van der Waals surface area contributed by atoms with Gasteiger partial charge in [0.05, 0.1) is 17.5 Å². The molecule has 4 heteroatoms. The Labute approximate surface area is 99.5 Å². The van der Waals surface area contributed by atoms with Crippen LogP contribution in [0.1, 0.15) is 18.4 Å². The zero-order valence-corrected chi connectivity index (χ0v) is 10.2. The van der Waals surface area contributed by atoms with Crippen LogP contribution in [-0.2, 0) is 12.8 Å². The largest absolute Gasteiger partial charge is 0.469 e. The quantitative estimate of drug-likeness (QED) is 0.837. The molecule has 0 aliphatic heterocycles. The van der Waals surface area contributed by atoms with Gasteiger partial charge >= 0.3 is 0 Å². The van der Waals surface area contributed by atoms with Gasteiger partial charge in [-0.2, -0.15) is 0 Å². The van der Waals surface area contributed by atoms with Crippen molar-refractivity contribution in [2.45, 2.75) is 25.8 Å². The summed E-state index contributed by atoms with van der Waals surface area (Å²) in [7, 11) is 0. The lowest BCUT2D eigenvalue weighted by Gasteiger charge is -2.11. The SMILES string of the molecule is CC(Cc1ccco1)NCCc1cscn1. The van der Waals surface area contributed by atoms with Crippen LogP contribution in [0.3, 0.4) is 0 Å². The van der Waals surface area contributed by atoms with E-state index in [1.807, 2.05) is 17.6 Å². The molecule has 2 rings (SSSR count). The zero-order valence-electron chi connectivity index (χ0n) is 9.35. The fourth-order valence-corrected chi connectivity index (χ4v) is 2.20. The van der Waals surface area contributed by atoms with Crippen LogP contribution in [0.25, 0.3) is 0 Å². The van der Waals surface area contributed by atoms with E-state index in [2.05, 4.69) is 22.6 Å². The normalized spacial score (nSPS) is 12.8. The molecule has 1 atom stereocenters. The first-order valence-electron chi connectivity index (χ1n) is 5.47. The maximum atomic E-state index is 5.31. The number of furan rings is 1. The van der Waals surface area contributed by atoms with Crippen molar-refractivity contribution in [3.63, 3.8) is 0 Å². The van der Waals surface area contributed by atoms with Crippen molar-refractivity contribution in [1.82, 2.24) is 10.3 Å². The molecule has 0 aromatic carbocycles. The predicted octanol–water partition coefficient (Wildman–Crippen LogP) is 2.50. The fraction of sp³-hybridized carbons (Fsp3) is 0.417. The van der Waals surface area contributed by atoms with Crippen LogP contribution in [-0.4, -0.2) is 17.6 Å². The van der Waals surface area contributed by atoms with Crippen molar-refractivity contribution in [3.05, 3.63) is 40.7 Å². The summed E-state index contributed by atoms with van der Waals surface area (Å²) in [5, 5.41) is 5.56. The molecule has 2 aromatic rings. The van der Waals surface area contributed by atoms with E-state index in [1.54, 1.807) is 17.6 Å². The molecule has 1 unspecified atom stereocenters. The number of aromatic nitrogens is 1. The third-order valence-corrected chi connectivity index (χ3v) is 3.08. The summed E-state index contributed by atoms with van der Waals surface area (Å²) in [5.41, 5.74) is 3.05. The summed E-state index contributed by atoms with van der Waals surface area (Å²) in [6, 6.07) is 4.38. The molecule has 0 saturated carbocycles. The van der Waals surface area contributed by atoms with Crippen LogP contribution in [0.2, 0.25) is 0 Å². The van der Waals surface area contributed by atoms with Gasteiger partial charge in [0.2, 0.25) is 0 Å². The number of rotatable bonds is 6. The zero-order chi connectivity index (χ0) is 11.2. The van der Waals surface area contributed by atoms with Crippen molar-refractivity contribution in [1.29, 1.82) is 0 Å². The molecule has 0 aliphatic rings. The van der Waals surface area contributed by atoms with Gasteiger partial charge in [-0.25, -0.2) is 4.98 Å². The minimum Gasteiger partial charge on any atom is -0.469 e. The summed E-state index contributed by atoms with van der Waals surface area (Å²) < 4.78 is 5.31. The summed E-state index contributed by atoms with van der Waals surface area (Å²) in [6.45, 7) is 3.13. The second kappa shape index (κ2) is 5.82. The van der Waals surface area contributed by atoms with Gasteiger partial charge in [0.1, 0.15) is 5.76 Å². The smallest absolute Gasteiger partial charge is 0.105 e. The van der Waals surface area contributed by atoms with Crippen molar-refractivity contribution < 1.29 is 4.42 Å². The van der Waals surface area contributed by atoms with E-state index in [0.29, 0.717) is 6.04 Å². The number of nitrogens with one attached hydrogen (secondary N) is 1. The van der Waals surface area contributed by atoms with Gasteiger partial charge < -0.3 is 9.73 Å². The molecule has 0 fully saturated rings. The second-order valence-corrected chi connectivity index (χ2v) is 4.59. The van der Waals surface area contributed by atoms with Gasteiger partial charge in [-0.3, -0.25) is 0 Å². The Kier molecular flexibility index (Phi) is 4.13. The van der Waals surface area contributed by atoms with Gasteiger partial charge in [0.25, 0.3) is 0 Å². The summed E-state index contributed by atoms with van der Waals surface area (Å²) in [4.78, 5) is 4.25. The average Bonchev–Trinajstić information content (AvgIpc) is 2.90. The Morgan fingerprint density at radius 2 is 2.50 bits per heavy atom. The lowest BCUT2D eigenvalue weighted by molar-refractivity contribution is 0.458. The third-order valence-electron chi connectivity index (χ3n) is 2.44. The van der Waals surface area contributed by atoms with E-state index in [4.69, 9.17) is 4.42 Å². The van der Waals surface area contributed by atoms with Gasteiger partial charge in [-0.15, -0.1) is 11.3 Å². The first kappa shape index (κ1) is 11.4. The van der Waals surface area contributed by atoms with Crippen LogP contribution >= 0.6 is 11.3 Å². The molecule has 0 saturated heterocycles. The molecule has 3 nitrogen and oxygen atoms in total. The molecule has 0 aliphatic carbocycles. The molecule has 2 heterocycles. The highest BCUT2D eigenvalue weighted by atomic mass is 32.1. The molecule has 1 N–H and O–H groups in total. The molecule has 2 aromatic heterocycles. The Morgan fingerprint density at radius 1 is 1.56 bits per heavy atom. The Bertz CT molecular complexity index is 383. The molecule has 86 valence electrons. The maximum absolute atomic E-state index is 5.31. The monoisotopic (exact) mass is 236 g/mol. The van der Waals surface area contributed by atoms with Crippen LogP contribution in [0, 0.1) is 0 Å². The number of thiazole rings is 1. The molecule has 0 spiro atoms. The lowest BCUT2D eigenvalue weighted by atomic mass is 10.2. The third kappa shape index (κ3) is 3.47. The van der Waals surface area contributed by atoms with Crippen molar-refractivity contribution in [2.24, 2.45) is 0 Å². The molecular weight excluding hydrogens is 220 g/mol. The maximum Gasteiger partial charge on any atom is 0.105 e. The van der Waals surface area contributed by atoms with Crippen molar-refractivity contribution in [2.75, 3.05) is 6.54 Å². The Balaban J connectivity index is 1.66. The van der Waals surface area contributed by atoms with E-state index < -0.39 is 0 Å². The standard InChI is InChI=1S/C12H16N2OS/c1-10(7-12-3-2-6-15-12)13-5-4-11-8-16-9-14-11/h2-3,6,8-10,13H,4-5,7H2,1H3. The topological polar surface area (TPSA) is 38.1 Å². The number of nitrogens with zero attached hydrogens (tertiary/aromatic N) is 1. The minimum absolute atomic E-state index is 0.435. The predicted molar refractivity (Wildman–Crippen MR) is 65.7 cm³/mol. The van der Waals surface area contributed by atoms with Crippen molar-refractivity contribution in [3.8, 4) is 0 Å². The van der Waals surface area contributed by atoms with Crippen LogP contribution in [0.15, 0.2) is 33.7 Å². The lowest BCUT2D eigenvalue weighted by Crippen LogP contribution is -2.29. The van der Waals surface area contributed by atoms with Crippen LogP contribution in [0.4, 0.5) is 0 Å². The van der Waals surface area contributed by atoms with E-state index in [0.717, 1.165) is 25.1 Å². The Morgan fingerprint density at radius 3 is 3.19 bits per heavy atom. The highest BCUT2D eigenvalue weighted by Crippen LogP contribution is 2.04. The molecule has 0 radical (unpaired) electrons. The van der Waals surface area contributed by atoms with Crippen molar-refractivity contribution >= 4 is 11.3 Å². The molecular formula is C12H16N2OS. The molecule has 16 heavy (non-hydrogen) atoms. The van der Waals surface area contributed by atoms with Crippen LogP contribution < -0.4 is 5.32 Å². The molecule has 0 amide bonds. The first-order valence-corrected chi connectivity index (χ1v) is 6.41. The first-order chi connectivity index (χ1) is 7.84. The minimum atomic E-state index is 0.435. The molecule has 0 bridgehead atoms. The van der Waals surface area contributed by atoms with Crippen LogP contribution in [0.5, 0.6) is 0 Å². The van der Waals surface area contributed by atoms with E-state index in [-0.39, 0.29) is 0 Å². The van der Waals surface area contributed by atoms with Gasteiger partial charge in [0.15, 0.2) is 0 Å². The van der Waals surface area contributed by atoms with E-state index in [1.165, 1.54) is 5.69 Å². The van der Waals surface area contributed by atoms with E-state index in [9.17, 15) is 0 Å².